The lowest BCUT2D eigenvalue weighted by molar-refractivity contribution is -0.121. The minimum absolute atomic E-state index is 0.0261. The summed E-state index contributed by atoms with van der Waals surface area (Å²) >= 11 is 0. The molecule has 2 heterocycles. The molecule has 1 saturated heterocycles. The van der Waals surface area contributed by atoms with Crippen LogP contribution in [-0.2, 0) is 4.79 Å². The third kappa shape index (κ3) is 2.56. The van der Waals surface area contributed by atoms with Crippen LogP contribution in [0.4, 0.5) is 5.69 Å². The van der Waals surface area contributed by atoms with Gasteiger partial charge in [-0.3, -0.25) is 9.59 Å². The Morgan fingerprint density at radius 3 is 3.10 bits per heavy atom. The van der Waals surface area contributed by atoms with E-state index in [0.717, 1.165) is 19.4 Å². The van der Waals surface area contributed by atoms with Gasteiger partial charge in [-0.15, -0.1) is 6.58 Å². The first kappa shape index (κ1) is 13.8. The molecule has 2 aliphatic heterocycles. The summed E-state index contributed by atoms with van der Waals surface area (Å²) in [6.45, 7) is 4.99. The molecule has 0 spiro atoms. The van der Waals surface area contributed by atoms with Crippen molar-refractivity contribution in [2.75, 3.05) is 24.6 Å². The highest BCUT2D eigenvalue weighted by Crippen LogP contribution is 2.33. The molecule has 0 aromatic heterocycles. The van der Waals surface area contributed by atoms with Gasteiger partial charge in [0.25, 0.3) is 5.91 Å². The molecule has 5 nitrogen and oxygen atoms in total. The standard InChI is InChI=1S/C16H18N2O3/c1-2-8-18-13-9-11(16(20)12-4-3-7-17-12)5-6-14(13)21-10-15(18)19/h2,5-6,9,12,17H,1,3-4,7-8,10H2. The quantitative estimate of drug-likeness (QED) is 0.673. The number of ether oxygens (including phenoxy) is 1. The minimum atomic E-state index is -0.119. The second-order valence-electron chi connectivity index (χ2n) is 5.28. The van der Waals surface area contributed by atoms with Crippen molar-refractivity contribution in [1.29, 1.82) is 0 Å². The Labute approximate surface area is 123 Å². The molecule has 2 aliphatic rings. The maximum absolute atomic E-state index is 12.5. The summed E-state index contributed by atoms with van der Waals surface area (Å²) in [4.78, 5) is 26.0. The van der Waals surface area contributed by atoms with Crippen LogP contribution < -0.4 is 15.0 Å². The van der Waals surface area contributed by atoms with E-state index < -0.39 is 0 Å². The lowest BCUT2D eigenvalue weighted by Crippen LogP contribution is -2.39. The van der Waals surface area contributed by atoms with Crippen molar-refractivity contribution < 1.29 is 14.3 Å². The van der Waals surface area contributed by atoms with Crippen molar-refractivity contribution in [2.45, 2.75) is 18.9 Å². The first-order chi connectivity index (χ1) is 10.2. The highest BCUT2D eigenvalue weighted by atomic mass is 16.5. The number of carbonyl (C=O) groups is 2. The molecule has 21 heavy (non-hydrogen) atoms. The van der Waals surface area contributed by atoms with E-state index in [2.05, 4.69) is 11.9 Å². The molecule has 3 rings (SSSR count). The van der Waals surface area contributed by atoms with Crippen LogP contribution in [0.3, 0.4) is 0 Å². The van der Waals surface area contributed by atoms with Crippen LogP contribution in [0.5, 0.6) is 5.75 Å². The van der Waals surface area contributed by atoms with E-state index in [9.17, 15) is 9.59 Å². The summed E-state index contributed by atoms with van der Waals surface area (Å²) in [5.41, 5.74) is 1.26. The van der Waals surface area contributed by atoms with Gasteiger partial charge in [0.2, 0.25) is 0 Å². The smallest absolute Gasteiger partial charge is 0.265 e. The largest absolute Gasteiger partial charge is 0.482 e. The first-order valence-electron chi connectivity index (χ1n) is 7.16. The van der Waals surface area contributed by atoms with Gasteiger partial charge in [-0.05, 0) is 37.6 Å². The minimum Gasteiger partial charge on any atom is -0.482 e. The van der Waals surface area contributed by atoms with E-state index in [1.807, 2.05) is 0 Å². The van der Waals surface area contributed by atoms with E-state index in [1.165, 1.54) is 0 Å². The third-order valence-corrected chi connectivity index (χ3v) is 3.87. The molecule has 1 N–H and O–H groups in total. The molecule has 1 atom stereocenters. The molecular formula is C16H18N2O3. The molecule has 1 fully saturated rings. The topological polar surface area (TPSA) is 58.6 Å². The number of hydrogen-bond acceptors (Lipinski definition) is 4. The Balaban J connectivity index is 1.93. The maximum atomic E-state index is 12.5. The van der Waals surface area contributed by atoms with E-state index in [0.29, 0.717) is 23.5 Å². The lowest BCUT2D eigenvalue weighted by atomic mass is 10.0. The van der Waals surface area contributed by atoms with Gasteiger partial charge in [0.1, 0.15) is 5.75 Å². The van der Waals surface area contributed by atoms with Crippen molar-refractivity contribution in [3.05, 3.63) is 36.4 Å². The number of benzene rings is 1. The summed E-state index contributed by atoms with van der Waals surface area (Å²) in [6.07, 6.45) is 3.55. The molecule has 1 unspecified atom stereocenters. The van der Waals surface area contributed by atoms with E-state index in [-0.39, 0.29) is 24.3 Å². The molecule has 110 valence electrons. The Kier molecular flexibility index (Phi) is 3.75. The number of ketones is 1. The number of nitrogens with one attached hydrogen (secondary N) is 1. The number of nitrogens with zero attached hydrogens (tertiary/aromatic N) is 1. The molecule has 0 bridgehead atoms. The molecule has 0 aliphatic carbocycles. The van der Waals surface area contributed by atoms with Gasteiger partial charge in [0.15, 0.2) is 12.4 Å². The Morgan fingerprint density at radius 1 is 1.52 bits per heavy atom. The van der Waals surface area contributed by atoms with Crippen molar-refractivity contribution in [3.63, 3.8) is 0 Å². The fourth-order valence-corrected chi connectivity index (χ4v) is 2.79. The van der Waals surface area contributed by atoms with Crippen molar-refractivity contribution in [2.24, 2.45) is 0 Å². The van der Waals surface area contributed by atoms with Gasteiger partial charge >= 0.3 is 0 Å². The molecule has 0 saturated carbocycles. The van der Waals surface area contributed by atoms with Crippen LogP contribution in [0, 0.1) is 0 Å². The van der Waals surface area contributed by atoms with E-state index in [4.69, 9.17) is 4.74 Å². The van der Waals surface area contributed by atoms with E-state index >= 15 is 0 Å². The van der Waals surface area contributed by atoms with Crippen LogP contribution in [0.2, 0.25) is 0 Å². The Bertz CT molecular complexity index is 591. The van der Waals surface area contributed by atoms with Crippen molar-refractivity contribution in [1.82, 2.24) is 5.32 Å². The summed E-state index contributed by atoms with van der Waals surface area (Å²) in [6, 6.07) is 5.16. The van der Waals surface area contributed by atoms with Gasteiger partial charge in [-0.25, -0.2) is 0 Å². The molecule has 1 aromatic rings. The first-order valence-corrected chi connectivity index (χ1v) is 7.16. The summed E-state index contributed by atoms with van der Waals surface area (Å²) in [7, 11) is 0. The van der Waals surface area contributed by atoms with Gasteiger partial charge in [0.05, 0.1) is 11.7 Å². The maximum Gasteiger partial charge on any atom is 0.265 e. The zero-order valence-electron chi connectivity index (χ0n) is 11.8. The number of Topliss-reactive ketones (excluding diaryl/α,β-unsaturated/α-hetero) is 1. The lowest BCUT2D eigenvalue weighted by Gasteiger charge is -2.29. The van der Waals surface area contributed by atoms with Crippen LogP contribution in [-0.4, -0.2) is 37.4 Å². The zero-order chi connectivity index (χ0) is 14.8. The van der Waals surface area contributed by atoms with Crippen LogP contribution >= 0.6 is 0 Å². The van der Waals surface area contributed by atoms with Crippen molar-refractivity contribution in [3.8, 4) is 5.75 Å². The third-order valence-electron chi connectivity index (χ3n) is 3.87. The Morgan fingerprint density at radius 2 is 2.38 bits per heavy atom. The number of hydrogen-bond donors (Lipinski definition) is 1. The Hall–Kier alpha value is -2.14. The molecule has 0 radical (unpaired) electrons. The predicted molar refractivity (Wildman–Crippen MR) is 79.8 cm³/mol. The normalized spacial score (nSPS) is 20.9. The SMILES string of the molecule is C=CCN1C(=O)COc2ccc(C(=O)C3CCCN3)cc21. The van der Waals surface area contributed by atoms with Gasteiger partial charge in [-0.1, -0.05) is 6.08 Å². The second-order valence-corrected chi connectivity index (χ2v) is 5.28. The highest BCUT2D eigenvalue weighted by Gasteiger charge is 2.28. The fourth-order valence-electron chi connectivity index (χ4n) is 2.79. The number of fused-ring (bicyclic) bond motifs is 1. The number of anilines is 1. The summed E-state index contributed by atoms with van der Waals surface area (Å²) in [5, 5.41) is 3.20. The summed E-state index contributed by atoms with van der Waals surface area (Å²) < 4.78 is 5.42. The van der Waals surface area contributed by atoms with Crippen LogP contribution in [0.15, 0.2) is 30.9 Å². The van der Waals surface area contributed by atoms with Gasteiger partial charge < -0.3 is 15.0 Å². The monoisotopic (exact) mass is 286 g/mol. The average molecular weight is 286 g/mol. The van der Waals surface area contributed by atoms with E-state index in [1.54, 1.807) is 29.2 Å². The molecular weight excluding hydrogens is 268 g/mol. The fraction of sp³-hybridized carbons (Fsp3) is 0.375. The van der Waals surface area contributed by atoms with Crippen molar-refractivity contribution >= 4 is 17.4 Å². The number of rotatable bonds is 4. The number of carbonyl (C=O) groups excluding carboxylic acids is 2. The molecule has 1 amide bonds. The average Bonchev–Trinajstić information content (AvgIpc) is 3.03. The number of amides is 1. The highest BCUT2D eigenvalue weighted by molar-refractivity contribution is 6.04. The van der Waals surface area contributed by atoms with Gasteiger partial charge in [0, 0.05) is 12.1 Å². The second kappa shape index (κ2) is 5.69. The zero-order valence-corrected chi connectivity index (χ0v) is 11.8. The van der Waals surface area contributed by atoms with Crippen LogP contribution in [0.1, 0.15) is 23.2 Å². The predicted octanol–water partition coefficient (Wildman–Crippen LogP) is 1.53. The summed E-state index contributed by atoms with van der Waals surface area (Å²) in [5.74, 6) is 0.588. The molecule has 5 heteroatoms. The van der Waals surface area contributed by atoms with Gasteiger partial charge in [-0.2, -0.15) is 0 Å². The van der Waals surface area contributed by atoms with Crippen LogP contribution in [0.25, 0.3) is 0 Å². The molecule has 1 aromatic carbocycles.